The molecule has 118 valence electrons. The largest absolute Gasteiger partial charge is 0.441 e. The zero-order valence-electron chi connectivity index (χ0n) is 12.1. The number of cyclic esters (lactones) is 1. The van der Waals surface area contributed by atoms with Gasteiger partial charge in [-0.3, -0.25) is 0 Å². The van der Waals surface area contributed by atoms with E-state index in [-0.39, 0.29) is 11.3 Å². The Morgan fingerprint density at radius 3 is 2.55 bits per heavy atom. The number of carbonyl (C=O) groups excluding carboxylic acids is 1. The fourth-order valence-electron chi connectivity index (χ4n) is 2.52. The predicted octanol–water partition coefficient (Wildman–Crippen LogP) is 3.88. The summed E-state index contributed by atoms with van der Waals surface area (Å²) < 4.78 is 49.7. The van der Waals surface area contributed by atoms with Gasteiger partial charge in [-0.25, -0.2) is 14.5 Å². The van der Waals surface area contributed by atoms with Gasteiger partial charge in [-0.15, -0.1) is 0 Å². The molecule has 5 nitrogen and oxygen atoms in total. The van der Waals surface area contributed by atoms with Crippen LogP contribution in [0.25, 0.3) is 4.85 Å². The second-order valence-corrected chi connectivity index (χ2v) is 4.80. The highest BCUT2D eigenvalue weighted by molar-refractivity contribution is 5.92. The third kappa shape index (κ3) is 2.48. The van der Waals surface area contributed by atoms with Crippen LogP contribution in [0.2, 0.25) is 0 Å². The lowest BCUT2D eigenvalue weighted by atomic mass is 10.0. The Hall–Kier alpha value is -2.27. The molecular formula is C14H13F3N2O3. The first-order valence-electron chi connectivity index (χ1n) is 6.33. The van der Waals surface area contributed by atoms with Gasteiger partial charge in [-0.2, -0.15) is 13.2 Å². The number of nitrogens with zero attached hydrogens (tertiary/aromatic N) is 2. The molecule has 1 aromatic carbocycles. The SMILES string of the molecule is [C-]#[N+]c1ccc(N2C(=O)O[C@@H](C)[C@@H]2OC)c(C)c1C(F)(F)F. The minimum absolute atomic E-state index is 0.0147. The summed E-state index contributed by atoms with van der Waals surface area (Å²) in [4.78, 5) is 15.8. The average molecular weight is 314 g/mol. The number of benzene rings is 1. The minimum atomic E-state index is -4.70. The van der Waals surface area contributed by atoms with Crippen molar-refractivity contribution < 1.29 is 27.4 Å². The first kappa shape index (κ1) is 16.1. The van der Waals surface area contributed by atoms with Crippen LogP contribution in [0.5, 0.6) is 0 Å². The van der Waals surface area contributed by atoms with E-state index in [2.05, 4.69) is 4.85 Å². The molecule has 1 saturated heterocycles. The molecule has 0 saturated carbocycles. The highest BCUT2D eigenvalue weighted by Gasteiger charge is 2.43. The minimum Gasteiger partial charge on any atom is -0.441 e. The highest BCUT2D eigenvalue weighted by Crippen LogP contribution is 2.43. The van der Waals surface area contributed by atoms with Gasteiger partial charge < -0.3 is 9.47 Å². The third-order valence-corrected chi connectivity index (χ3v) is 3.46. The molecule has 22 heavy (non-hydrogen) atoms. The summed E-state index contributed by atoms with van der Waals surface area (Å²) in [6.07, 6.45) is -6.93. The maximum Gasteiger partial charge on any atom is 0.417 e. The van der Waals surface area contributed by atoms with Crippen molar-refractivity contribution in [1.29, 1.82) is 0 Å². The van der Waals surface area contributed by atoms with E-state index >= 15 is 0 Å². The molecule has 1 heterocycles. The van der Waals surface area contributed by atoms with Crippen LogP contribution in [-0.2, 0) is 15.7 Å². The highest BCUT2D eigenvalue weighted by atomic mass is 19.4. The molecule has 0 spiro atoms. The average Bonchev–Trinajstić information content (AvgIpc) is 2.70. The lowest BCUT2D eigenvalue weighted by Gasteiger charge is -2.25. The van der Waals surface area contributed by atoms with E-state index in [1.165, 1.54) is 20.1 Å². The Bertz CT molecular complexity index is 652. The van der Waals surface area contributed by atoms with E-state index < -0.39 is 35.9 Å². The standard InChI is InChI=1S/C14H13F3N2O3/c1-7-10(19-12(21-4)8(2)22-13(19)20)6-5-9(18-3)11(7)14(15,16)17/h5-6,8,12H,1-2,4H3/t8-,12-/m0/s1. The Balaban J connectivity index is 2.63. The fourth-order valence-corrected chi connectivity index (χ4v) is 2.52. The number of amides is 1. The number of anilines is 1. The Labute approximate surface area is 125 Å². The molecule has 1 aromatic rings. The quantitative estimate of drug-likeness (QED) is 0.778. The summed E-state index contributed by atoms with van der Waals surface area (Å²) in [5.74, 6) is 0. The van der Waals surface area contributed by atoms with E-state index in [4.69, 9.17) is 16.0 Å². The molecular weight excluding hydrogens is 301 g/mol. The van der Waals surface area contributed by atoms with Crippen LogP contribution >= 0.6 is 0 Å². The van der Waals surface area contributed by atoms with Crippen molar-refractivity contribution in [2.75, 3.05) is 12.0 Å². The van der Waals surface area contributed by atoms with Crippen LogP contribution < -0.4 is 4.90 Å². The summed E-state index contributed by atoms with van der Waals surface area (Å²) in [5.41, 5.74) is -1.76. The summed E-state index contributed by atoms with van der Waals surface area (Å²) in [6, 6.07) is 2.34. The van der Waals surface area contributed by atoms with Crippen molar-refractivity contribution in [3.8, 4) is 0 Å². The number of methoxy groups -OCH3 is 1. The molecule has 1 aliphatic heterocycles. The Kier molecular flexibility index (Phi) is 4.02. The van der Waals surface area contributed by atoms with Gasteiger partial charge in [-0.1, -0.05) is 6.07 Å². The summed E-state index contributed by atoms with van der Waals surface area (Å²) in [7, 11) is 1.34. The van der Waals surface area contributed by atoms with Crippen LogP contribution in [0.1, 0.15) is 18.1 Å². The van der Waals surface area contributed by atoms with Crippen LogP contribution in [0.3, 0.4) is 0 Å². The van der Waals surface area contributed by atoms with E-state index in [0.29, 0.717) is 0 Å². The van der Waals surface area contributed by atoms with Crippen LogP contribution in [0.15, 0.2) is 12.1 Å². The second-order valence-electron chi connectivity index (χ2n) is 4.80. The maximum absolute atomic E-state index is 13.2. The summed E-state index contributed by atoms with van der Waals surface area (Å²) in [5, 5.41) is 0. The molecule has 0 unspecified atom stereocenters. The fraction of sp³-hybridized carbons (Fsp3) is 0.429. The second kappa shape index (κ2) is 5.50. The number of ether oxygens (including phenoxy) is 2. The van der Waals surface area contributed by atoms with E-state index in [1.54, 1.807) is 6.92 Å². The molecule has 0 aromatic heterocycles. The van der Waals surface area contributed by atoms with Crippen LogP contribution in [0, 0.1) is 13.5 Å². The lowest BCUT2D eigenvalue weighted by Crippen LogP contribution is -2.38. The number of hydrogen-bond donors (Lipinski definition) is 0. The van der Waals surface area contributed by atoms with Crippen molar-refractivity contribution in [3.63, 3.8) is 0 Å². The van der Waals surface area contributed by atoms with Gasteiger partial charge in [0.05, 0.1) is 17.8 Å². The zero-order valence-corrected chi connectivity index (χ0v) is 12.1. The van der Waals surface area contributed by atoms with Gasteiger partial charge in [0.25, 0.3) is 0 Å². The smallest absolute Gasteiger partial charge is 0.417 e. The van der Waals surface area contributed by atoms with Crippen molar-refractivity contribution in [2.45, 2.75) is 32.4 Å². The first-order valence-corrected chi connectivity index (χ1v) is 6.33. The third-order valence-electron chi connectivity index (χ3n) is 3.46. The van der Waals surface area contributed by atoms with Gasteiger partial charge in [-0.05, 0) is 25.5 Å². The van der Waals surface area contributed by atoms with Gasteiger partial charge in [0.2, 0.25) is 0 Å². The number of alkyl halides is 3. The summed E-state index contributed by atoms with van der Waals surface area (Å²) >= 11 is 0. The van der Waals surface area contributed by atoms with Gasteiger partial charge in [0, 0.05) is 7.11 Å². The normalized spacial score (nSPS) is 21.7. The van der Waals surface area contributed by atoms with Crippen molar-refractivity contribution in [1.82, 2.24) is 0 Å². The molecule has 2 rings (SSSR count). The van der Waals surface area contributed by atoms with E-state index in [1.807, 2.05) is 0 Å². The molecule has 1 amide bonds. The van der Waals surface area contributed by atoms with Crippen molar-refractivity contribution in [3.05, 3.63) is 34.7 Å². The number of rotatable bonds is 2. The number of hydrogen-bond acceptors (Lipinski definition) is 3. The Morgan fingerprint density at radius 1 is 1.41 bits per heavy atom. The molecule has 0 bridgehead atoms. The molecule has 0 radical (unpaired) electrons. The monoisotopic (exact) mass is 314 g/mol. The van der Waals surface area contributed by atoms with Gasteiger partial charge in [0.1, 0.15) is 6.10 Å². The molecule has 8 heteroatoms. The maximum atomic E-state index is 13.2. The van der Waals surface area contributed by atoms with Crippen molar-refractivity contribution in [2.24, 2.45) is 0 Å². The van der Waals surface area contributed by atoms with Crippen LogP contribution in [0.4, 0.5) is 29.3 Å². The van der Waals surface area contributed by atoms with Gasteiger partial charge in [0.15, 0.2) is 11.9 Å². The van der Waals surface area contributed by atoms with E-state index in [9.17, 15) is 18.0 Å². The zero-order chi connectivity index (χ0) is 16.7. The van der Waals surface area contributed by atoms with Crippen LogP contribution in [-0.4, -0.2) is 25.5 Å². The van der Waals surface area contributed by atoms with Crippen molar-refractivity contribution >= 4 is 17.5 Å². The molecule has 0 aliphatic carbocycles. The molecule has 1 aliphatic rings. The molecule has 1 fully saturated rings. The molecule has 0 N–H and O–H groups in total. The lowest BCUT2D eigenvalue weighted by molar-refractivity contribution is -0.137. The molecule has 2 atom stereocenters. The van der Waals surface area contributed by atoms with E-state index in [0.717, 1.165) is 11.0 Å². The van der Waals surface area contributed by atoms with Gasteiger partial charge >= 0.3 is 12.3 Å². The first-order chi connectivity index (χ1) is 10.2. The topological polar surface area (TPSA) is 43.1 Å². The number of carbonyl (C=O) groups is 1. The predicted molar refractivity (Wildman–Crippen MR) is 71.7 cm³/mol. The Morgan fingerprint density at radius 2 is 2.05 bits per heavy atom. The summed E-state index contributed by atoms with van der Waals surface area (Å²) in [6.45, 7) is 9.68. The number of halogens is 3.